The third-order valence-corrected chi connectivity index (χ3v) is 4.15. The quantitative estimate of drug-likeness (QED) is 0.777. The Morgan fingerprint density at radius 2 is 2.29 bits per heavy atom. The number of hydrogen-bond donors (Lipinski definition) is 2. The van der Waals surface area contributed by atoms with Gasteiger partial charge in [-0.3, -0.25) is 4.79 Å². The van der Waals surface area contributed by atoms with Gasteiger partial charge in [0, 0.05) is 35.5 Å². The summed E-state index contributed by atoms with van der Waals surface area (Å²) in [6.07, 6.45) is 0. The van der Waals surface area contributed by atoms with Gasteiger partial charge in [0.2, 0.25) is 0 Å². The molecule has 1 atom stereocenters. The number of carbonyl (C=O) groups is 1. The van der Waals surface area contributed by atoms with E-state index in [2.05, 4.69) is 11.8 Å². The Morgan fingerprint density at radius 1 is 1.53 bits per heavy atom. The van der Waals surface area contributed by atoms with Gasteiger partial charge < -0.3 is 16.4 Å². The average Bonchev–Trinajstić information content (AvgIpc) is 2.30. The number of hydrogen-bond acceptors (Lipinski definition) is 4. The van der Waals surface area contributed by atoms with E-state index in [0.29, 0.717) is 17.3 Å². The summed E-state index contributed by atoms with van der Waals surface area (Å²) in [7, 11) is 0. The van der Waals surface area contributed by atoms with E-state index < -0.39 is 5.91 Å². The van der Waals surface area contributed by atoms with E-state index in [1.54, 1.807) is 6.07 Å². The number of carbonyl (C=O) groups excluding carboxylic acids is 1. The molecule has 0 saturated carbocycles. The average molecular weight is 251 g/mol. The van der Waals surface area contributed by atoms with Gasteiger partial charge in [0.1, 0.15) is 0 Å². The summed E-state index contributed by atoms with van der Waals surface area (Å²) in [6.45, 7) is 3.10. The van der Waals surface area contributed by atoms with Crippen LogP contribution in [-0.2, 0) is 0 Å². The molecular weight excluding hydrogens is 234 g/mol. The smallest absolute Gasteiger partial charge is 0.250 e. The van der Waals surface area contributed by atoms with Crippen LogP contribution in [0.4, 0.5) is 11.4 Å². The first kappa shape index (κ1) is 12.1. The highest BCUT2D eigenvalue weighted by Gasteiger charge is 2.22. The van der Waals surface area contributed by atoms with E-state index in [-0.39, 0.29) is 0 Å². The van der Waals surface area contributed by atoms with Crippen molar-refractivity contribution in [3.8, 4) is 0 Å². The predicted molar refractivity (Wildman–Crippen MR) is 73.5 cm³/mol. The van der Waals surface area contributed by atoms with Crippen molar-refractivity contribution in [3.05, 3.63) is 23.8 Å². The first-order valence-electron chi connectivity index (χ1n) is 5.63. The number of amides is 1. The number of nitrogens with two attached hydrogens (primary N) is 2. The van der Waals surface area contributed by atoms with E-state index in [9.17, 15) is 4.79 Å². The molecule has 92 valence electrons. The van der Waals surface area contributed by atoms with Crippen LogP contribution in [0.5, 0.6) is 0 Å². The van der Waals surface area contributed by atoms with Crippen molar-refractivity contribution < 1.29 is 4.79 Å². The number of nitrogen functional groups attached to an aromatic ring is 1. The first-order valence-corrected chi connectivity index (χ1v) is 6.79. The van der Waals surface area contributed by atoms with Gasteiger partial charge >= 0.3 is 0 Å². The molecule has 1 amide bonds. The topological polar surface area (TPSA) is 72.3 Å². The van der Waals surface area contributed by atoms with Crippen LogP contribution in [0.2, 0.25) is 0 Å². The van der Waals surface area contributed by atoms with Crippen molar-refractivity contribution in [1.82, 2.24) is 0 Å². The molecule has 1 aliphatic rings. The monoisotopic (exact) mass is 251 g/mol. The molecule has 1 fully saturated rings. The van der Waals surface area contributed by atoms with Crippen molar-refractivity contribution >= 4 is 29.0 Å². The number of thioether (sulfide) groups is 1. The van der Waals surface area contributed by atoms with Crippen molar-refractivity contribution in [2.75, 3.05) is 28.7 Å². The van der Waals surface area contributed by atoms with Crippen molar-refractivity contribution in [2.45, 2.75) is 13.0 Å². The van der Waals surface area contributed by atoms with Crippen molar-refractivity contribution in [3.63, 3.8) is 0 Å². The van der Waals surface area contributed by atoms with Crippen LogP contribution in [0, 0.1) is 0 Å². The Morgan fingerprint density at radius 3 is 2.94 bits per heavy atom. The summed E-state index contributed by atoms with van der Waals surface area (Å²) in [5, 5.41) is 0. The van der Waals surface area contributed by atoms with Crippen LogP contribution in [0.3, 0.4) is 0 Å². The van der Waals surface area contributed by atoms with Gasteiger partial charge in [-0.15, -0.1) is 0 Å². The van der Waals surface area contributed by atoms with Gasteiger partial charge in [0.25, 0.3) is 5.91 Å². The Bertz CT molecular complexity index is 436. The highest BCUT2D eigenvalue weighted by Crippen LogP contribution is 2.28. The second kappa shape index (κ2) is 4.87. The number of rotatable bonds is 2. The molecule has 1 aromatic carbocycles. The Labute approximate surface area is 105 Å². The molecule has 1 unspecified atom stereocenters. The largest absolute Gasteiger partial charge is 0.399 e. The van der Waals surface area contributed by atoms with Crippen molar-refractivity contribution in [2.24, 2.45) is 5.73 Å². The van der Waals surface area contributed by atoms with E-state index in [1.165, 1.54) is 0 Å². The lowest BCUT2D eigenvalue weighted by molar-refractivity contribution is 0.100. The molecule has 1 saturated heterocycles. The third kappa shape index (κ3) is 2.49. The molecule has 0 bridgehead atoms. The van der Waals surface area contributed by atoms with Gasteiger partial charge in [0.15, 0.2) is 0 Å². The fourth-order valence-electron chi connectivity index (χ4n) is 2.09. The summed E-state index contributed by atoms with van der Waals surface area (Å²) < 4.78 is 0. The first-order chi connectivity index (χ1) is 8.09. The third-order valence-electron chi connectivity index (χ3n) is 2.96. The van der Waals surface area contributed by atoms with Crippen LogP contribution in [0.25, 0.3) is 0 Å². The maximum atomic E-state index is 11.5. The summed E-state index contributed by atoms with van der Waals surface area (Å²) in [5.74, 6) is 1.73. The molecular formula is C12H17N3OS. The highest BCUT2D eigenvalue weighted by molar-refractivity contribution is 7.99. The zero-order valence-electron chi connectivity index (χ0n) is 9.85. The second-order valence-electron chi connectivity index (χ2n) is 4.26. The van der Waals surface area contributed by atoms with Crippen LogP contribution >= 0.6 is 11.8 Å². The van der Waals surface area contributed by atoms with E-state index >= 15 is 0 Å². The second-order valence-corrected chi connectivity index (χ2v) is 5.41. The van der Waals surface area contributed by atoms with Crippen LogP contribution < -0.4 is 16.4 Å². The highest BCUT2D eigenvalue weighted by atomic mass is 32.2. The number of benzene rings is 1. The van der Waals surface area contributed by atoms with Crippen LogP contribution in [0.1, 0.15) is 17.3 Å². The zero-order valence-corrected chi connectivity index (χ0v) is 10.7. The summed E-state index contributed by atoms with van der Waals surface area (Å²) in [4.78, 5) is 13.7. The number of primary amides is 1. The van der Waals surface area contributed by atoms with Crippen LogP contribution in [-0.4, -0.2) is 30.0 Å². The summed E-state index contributed by atoms with van der Waals surface area (Å²) in [6, 6.07) is 5.78. The lowest BCUT2D eigenvalue weighted by atomic mass is 10.1. The Balaban J connectivity index is 2.39. The molecule has 1 aliphatic heterocycles. The molecule has 17 heavy (non-hydrogen) atoms. The fraction of sp³-hybridized carbons (Fsp3) is 0.417. The lowest BCUT2D eigenvalue weighted by Gasteiger charge is -2.36. The maximum absolute atomic E-state index is 11.5. The van der Waals surface area contributed by atoms with Gasteiger partial charge in [-0.1, -0.05) is 0 Å². The molecule has 5 heteroatoms. The molecule has 4 N–H and O–H groups in total. The number of nitrogens with zero attached hydrogens (tertiary/aromatic N) is 1. The lowest BCUT2D eigenvalue weighted by Crippen LogP contribution is -2.41. The van der Waals surface area contributed by atoms with Crippen LogP contribution in [0.15, 0.2) is 18.2 Å². The molecule has 4 nitrogen and oxygen atoms in total. The molecule has 2 rings (SSSR count). The van der Waals surface area contributed by atoms with Gasteiger partial charge in [0.05, 0.1) is 5.56 Å². The Kier molecular flexibility index (Phi) is 3.47. The molecule has 0 aromatic heterocycles. The standard InChI is InChI=1S/C12H17N3OS/c1-8-7-17-5-4-15(8)11-3-2-9(13)6-10(11)12(14)16/h2-3,6,8H,4-5,7,13H2,1H3,(H2,14,16). The molecule has 0 aliphatic carbocycles. The van der Waals surface area contributed by atoms with Gasteiger partial charge in [-0.25, -0.2) is 0 Å². The zero-order chi connectivity index (χ0) is 12.4. The summed E-state index contributed by atoms with van der Waals surface area (Å²) >= 11 is 1.94. The minimum atomic E-state index is -0.419. The minimum absolute atomic E-state index is 0.412. The van der Waals surface area contributed by atoms with Crippen molar-refractivity contribution in [1.29, 1.82) is 0 Å². The molecule has 0 spiro atoms. The van der Waals surface area contributed by atoms with Gasteiger partial charge in [-0.2, -0.15) is 11.8 Å². The predicted octanol–water partition coefficient (Wildman–Crippen LogP) is 1.31. The minimum Gasteiger partial charge on any atom is -0.399 e. The van der Waals surface area contributed by atoms with E-state index in [0.717, 1.165) is 23.7 Å². The Hall–Kier alpha value is -1.36. The molecule has 1 aromatic rings. The molecule has 1 heterocycles. The number of anilines is 2. The summed E-state index contributed by atoms with van der Waals surface area (Å²) in [5.41, 5.74) is 13.1. The normalized spacial score (nSPS) is 20.3. The van der Waals surface area contributed by atoms with E-state index in [1.807, 2.05) is 23.9 Å². The molecule has 0 radical (unpaired) electrons. The van der Waals surface area contributed by atoms with Gasteiger partial charge in [-0.05, 0) is 25.1 Å². The van der Waals surface area contributed by atoms with E-state index in [4.69, 9.17) is 11.5 Å². The SMILES string of the molecule is CC1CSCCN1c1ccc(N)cc1C(N)=O. The fourth-order valence-corrected chi connectivity index (χ4v) is 3.10. The maximum Gasteiger partial charge on any atom is 0.250 e.